The molecule has 4 heterocycles. The number of fused-ring (bicyclic) bond motifs is 2. The van der Waals surface area contributed by atoms with Crippen LogP contribution in [0.5, 0.6) is 5.75 Å². The Balaban J connectivity index is 1.14. The number of anilines is 2. The van der Waals surface area contributed by atoms with Crippen molar-refractivity contribution < 1.29 is 44.9 Å². The van der Waals surface area contributed by atoms with E-state index >= 15 is 0 Å². The first-order valence-electron chi connectivity index (χ1n) is 14.4. The van der Waals surface area contributed by atoms with Gasteiger partial charge in [0.15, 0.2) is 0 Å². The Bertz CT molecular complexity index is 1580. The summed E-state index contributed by atoms with van der Waals surface area (Å²) in [6.45, 7) is -0.0538. The predicted octanol–water partition coefficient (Wildman–Crippen LogP) is 5.08. The molecule has 3 fully saturated rings. The van der Waals surface area contributed by atoms with Crippen molar-refractivity contribution in [3.05, 3.63) is 53.9 Å². The summed E-state index contributed by atoms with van der Waals surface area (Å²) in [6, 6.07) is 9.67. The molecule has 6 rings (SSSR count). The lowest BCUT2D eigenvalue weighted by Crippen LogP contribution is -2.46. The number of hydrogen-bond donors (Lipinski definition) is 1. The first-order chi connectivity index (χ1) is 21.0. The molecule has 0 unspecified atom stereocenters. The number of alkyl halides is 3. The van der Waals surface area contributed by atoms with Gasteiger partial charge in [-0.1, -0.05) is 17.3 Å². The van der Waals surface area contributed by atoms with E-state index in [0.717, 1.165) is 44.3 Å². The average molecular weight is 637 g/mol. The molecule has 2 aliphatic heterocycles. The molecule has 236 valence electrons. The van der Waals surface area contributed by atoms with E-state index in [1.165, 1.54) is 29.3 Å². The smallest absolute Gasteiger partial charge is 0.405 e. The van der Waals surface area contributed by atoms with Crippen molar-refractivity contribution in [1.82, 2.24) is 10.1 Å². The number of aromatic nitrogens is 2. The number of carbonyl (C=O) groups excluding carboxylic acids is 1. The first kappa shape index (κ1) is 30.3. The van der Waals surface area contributed by atoms with Gasteiger partial charge in [-0.15, -0.1) is 13.2 Å². The van der Waals surface area contributed by atoms with Gasteiger partial charge in [0.05, 0.1) is 30.3 Å². The number of rotatable bonds is 12. The van der Waals surface area contributed by atoms with Crippen LogP contribution < -0.4 is 14.5 Å². The SMILES string of the molecule is O=CN(CCS(=O)(=O)O)c1ccc(N2[C@@H]3CC[C@H]2C[C@H](OCc2c(-c4ccccc4OC(F)(F)F)noc2C2CC2)C3)nc1. The minimum absolute atomic E-state index is 0.0921. The van der Waals surface area contributed by atoms with Crippen LogP contribution in [0.4, 0.5) is 24.7 Å². The molecule has 3 atom stereocenters. The molecule has 2 bridgehead atoms. The minimum atomic E-state index is -4.85. The van der Waals surface area contributed by atoms with Crippen LogP contribution in [-0.2, 0) is 26.3 Å². The minimum Gasteiger partial charge on any atom is -0.405 e. The van der Waals surface area contributed by atoms with Gasteiger partial charge < -0.3 is 23.8 Å². The maximum atomic E-state index is 13.1. The largest absolute Gasteiger partial charge is 0.573 e. The third-order valence-corrected chi connectivity index (χ3v) is 9.03. The van der Waals surface area contributed by atoms with Crippen molar-refractivity contribution in [2.75, 3.05) is 22.1 Å². The van der Waals surface area contributed by atoms with Crippen LogP contribution in [0.2, 0.25) is 0 Å². The van der Waals surface area contributed by atoms with Crippen molar-refractivity contribution >= 4 is 28.0 Å². The lowest BCUT2D eigenvalue weighted by Gasteiger charge is -2.39. The number of para-hydroxylation sites is 1. The number of ether oxygens (including phenoxy) is 2. The highest BCUT2D eigenvalue weighted by Gasteiger charge is 2.42. The zero-order valence-corrected chi connectivity index (χ0v) is 24.3. The Morgan fingerprint density at radius 1 is 1.09 bits per heavy atom. The van der Waals surface area contributed by atoms with E-state index in [9.17, 15) is 26.4 Å². The van der Waals surface area contributed by atoms with Gasteiger partial charge in [-0.3, -0.25) is 9.35 Å². The number of nitrogens with zero attached hydrogens (tertiary/aromatic N) is 4. The van der Waals surface area contributed by atoms with E-state index in [1.54, 1.807) is 18.2 Å². The summed E-state index contributed by atoms with van der Waals surface area (Å²) in [6.07, 6.45) is 2.22. The van der Waals surface area contributed by atoms with Gasteiger partial charge in [-0.25, -0.2) is 4.98 Å². The standard InChI is InChI=1S/C29H31F3N4O7S/c30-29(31,32)42-25-4-2-1-3-23(25)27-24(28(43-34-27)18-5-6-18)16-41-22-13-19-7-8-20(14-22)36(19)26-10-9-21(15-33-26)35(17-37)11-12-44(38,39)40/h1-4,9-10,15,17-20,22H,5-8,11-14,16H2,(H,38,39,40)/t19-,20+,22-. The van der Waals surface area contributed by atoms with Crippen LogP contribution in [-0.4, -0.2) is 66.4 Å². The Labute approximate surface area is 251 Å². The molecule has 3 aliphatic rings. The van der Waals surface area contributed by atoms with Crippen molar-refractivity contribution in [3.63, 3.8) is 0 Å². The number of halogens is 3. The van der Waals surface area contributed by atoms with Crippen LogP contribution >= 0.6 is 0 Å². The van der Waals surface area contributed by atoms with Crippen LogP contribution in [0.25, 0.3) is 11.3 Å². The molecule has 2 saturated heterocycles. The van der Waals surface area contributed by atoms with Gasteiger partial charge in [-0.2, -0.15) is 8.42 Å². The molecule has 3 aromatic rings. The number of carbonyl (C=O) groups is 1. The van der Waals surface area contributed by atoms with E-state index in [2.05, 4.69) is 19.8 Å². The Morgan fingerprint density at radius 3 is 2.43 bits per heavy atom. The normalized spacial score (nSPS) is 21.8. The molecular weight excluding hydrogens is 605 g/mol. The lowest BCUT2D eigenvalue weighted by atomic mass is 9.99. The fourth-order valence-electron chi connectivity index (χ4n) is 6.21. The van der Waals surface area contributed by atoms with Crippen LogP contribution in [0, 0.1) is 0 Å². The second-order valence-corrected chi connectivity index (χ2v) is 12.9. The molecule has 15 heteroatoms. The van der Waals surface area contributed by atoms with Crippen molar-refractivity contribution in [2.24, 2.45) is 0 Å². The van der Waals surface area contributed by atoms with E-state index in [4.69, 9.17) is 13.8 Å². The number of hydrogen-bond acceptors (Lipinski definition) is 9. The highest BCUT2D eigenvalue weighted by Crippen LogP contribution is 2.46. The van der Waals surface area contributed by atoms with Crippen molar-refractivity contribution in [2.45, 2.75) is 75.6 Å². The van der Waals surface area contributed by atoms with Crippen LogP contribution in [0.3, 0.4) is 0 Å². The Hall–Kier alpha value is -3.69. The van der Waals surface area contributed by atoms with Gasteiger partial charge in [0.2, 0.25) is 6.41 Å². The molecule has 0 radical (unpaired) electrons. The number of benzene rings is 1. The highest BCUT2D eigenvalue weighted by atomic mass is 32.2. The third kappa shape index (κ3) is 6.84. The van der Waals surface area contributed by atoms with E-state index < -0.39 is 22.2 Å². The second-order valence-electron chi connectivity index (χ2n) is 11.3. The molecule has 44 heavy (non-hydrogen) atoms. The molecule has 1 amide bonds. The Morgan fingerprint density at radius 2 is 1.82 bits per heavy atom. The van der Waals surface area contributed by atoms with Gasteiger partial charge in [0, 0.05) is 35.7 Å². The molecule has 0 spiro atoms. The molecule has 1 N–H and O–H groups in total. The monoisotopic (exact) mass is 636 g/mol. The van der Waals surface area contributed by atoms with Gasteiger partial charge >= 0.3 is 6.36 Å². The maximum Gasteiger partial charge on any atom is 0.573 e. The molecule has 1 aliphatic carbocycles. The second kappa shape index (κ2) is 12.0. The van der Waals surface area contributed by atoms with E-state index in [1.807, 2.05) is 0 Å². The van der Waals surface area contributed by atoms with Crippen molar-refractivity contribution in [1.29, 1.82) is 0 Å². The fraction of sp³-hybridized carbons (Fsp3) is 0.483. The van der Waals surface area contributed by atoms with Crippen molar-refractivity contribution in [3.8, 4) is 17.0 Å². The van der Waals surface area contributed by atoms with Gasteiger partial charge in [0.25, 0.3) is 10.1 Å². The first-order valence-corrected chi connectivity index (χ1v) is 16.0. The van der Waals surface area contributed by atoms with E-state index in [0.29, 0.717) is 23.4 Å². The number of pyridine rings is 1. The number of amides is 1. The lowest BCUT2D eigenvalue weighted by molar-refractivity contribution is -0.274. The zero-order chi connectivity index (χ0) is 31.1. The summed E-state index contributed by atoms with van der Waals surface area (Å²) in [5, 5.41) is 4.16. The molecule has 1 saturated carbocycles. The summed E-state index contributed by atoms with van der Waals surface area (Å²) in [4.78, 5) is 19.4. The summed E-state index contributed by atoms with van der Waals surface area (Å²) >= 11 is 0. The fourth-order valence-corrected chi connectivity index (χ4v) is 6.64. The summed E-state index contributed by atoms with van der Waals surface area (Å²) in [5.41, 5.74) is 1.54. The summed E-state index contributed by atoms with van der Waals surface area (Å²) in [7, 11) is -4.22. The van der Waals surface area contributed by atoms with E-state index in [-0.39, 0.29) is 54.3 Å². The van der Waals surface area contributed by atoms with Crippen LogP contribution in [0.1, 0.15) is 55.8 Å². The average Bonchev–Trinajstić information content (AvgIpc) is 3.67. The Kier molecular flexibility index (Phi) is 8.28. The predicted molar refractivity (Wildman–Crippen MR) is 152 cm³/mol. The van der Waals surface area contributed by atoms with Gasteiger partial charge in [-0.05, 0) is 62.8 Å². The quantitative estimate of drug-likeness (QED) is 0.212. The van der Waals surface area contributed by atoms with Crippen LogP contribution in [0.15, 0.2) is 47.1 Å². The molecule has 1 aromatic carbocycles. The zero-order valence-electron chi connectivity index (χ0n) is 23.5. The number of piperidine rings is 1. The van der Waals surface area contributed by atoms with Gasteiger partial charge in [0.1, 0.15) is 23.0 Å². The molecule has 2 aromatic heterocycles. The third-order valence-electron chi connectivity index (χ3n) is 8.33. The topological polar surface area (TPSA) is 135 Å². The molecular formula is C29H31F3N4O7S. The summed E-state index contributed by atoms with van der Waals surface area (Å²) < 4.78 is 86.8. The summed E-state index contributed by atoms with van der Waals surface area (Å²) in [5.74, 6) is 0.612. The maximum absolute atomic E-state index is 13.1. The molecule has 11 nitrogen and oxygen atoms in total. The highest BCUT2D eigenvalue weighted by molar-refractivity contribution is 7.85.